The molecule has 0 aliphatic carbocycles. The quantitative estimate of drug-likeness (QED) is 0.696. The number of carbonyl (C=O) groups excluding carboxylic acids is 1. The maximum atomic E-state index is 12.7. The highest BCUT2D eigenvalue weighted by Gasteiger charge is 2.07. The first-order valence-electron chi connectivity index (χ1n) is 6.67. The molecule has 1 aromatic rings. The summed E-state index contributed by atoms with van der Waals surface area (Å²) < 4.78 is 12.7. The van der Waals surface area contributed by atoms with Gasteiger partial charge in [-0.2, -0.15) is 0 Å². The third-order valence-corrected chi connectivity index (χ3v) is 2.96. The monoisotopic (exact) mass is 267 g/mol. The molecule has 1 aromatic carbocycles. The Hall–Kier alpha value is -1.26. The molecule has 0 spiro atoms. The number of aliphatic hydroxyl groups excluding tert-OH is 1. The molecule has 0 unspecified atom stereocenters. The van der Waals surface area contributed by atoms with Crippen LogP contribution >= 0.6 is 0 Å². The Labute approximate surface area is 114 Å². The van der Waals surface area contributed by atoms with Gasteiger partial charge in [0.05, 0.1) is 6.54 Å². The molecule has 0 bridgehead atoms. The number of ketones is 1. The molecular weight excluding hydrogens is 245 g/mol. The highest BCUT2D eigenvalue weighted by molar-refractivity contribution is 5.82. The third kappa shape index (κ3) is 7.03. The average molecular weight is 267 g/mol. The van der Waals surface area contributed by atoms with Crippen LogP contribution in [0.3, 0.4) is 0 Å². The Morgan fingerprint density at radius 3 is 2.53 bits per heavy atom. The van der Waals surface area contributed by atoms with Gasteiger partial charge < -0.3 is 5.11 Å². The summed E-state index contributed by atoms with van der Waals surface area (Å²) in [4.78, 5) is 13.8. The molecule has 0 aromatic heterocycles. The summed E-state index contributed by atoms with van der Waals surface area (Å²) in [5.74, 6) is -0.145. The van der Waals surface area contributed by atoms with Crippen LogP contribution in [0.5, 0.6) is 0 Å². The van der Waals surface area contributed by atoms with Crippen LogP contribution in [0.15, 0.2) is 24.3 Å². The van der Waals surface area contributed by atoms with Gasteiger partial charge >= 0.3 is 0 Å². The zero-order chi connectivity index (χ0) is 14.1. The van der Waals surface area contributed by atoms with Gasteiger partial charge in [0.2, 0.25) is 0 Å². The van der Waals surface area contributed by atoms with Crippen LogP contribution in [-0.2, 0) is 11.2 Å². The summed E-state index contributed by atoms with van der Waals surface area (Å²) in [6, 6.07) is 6.05. The van der Waals surface area contributed by atoms with Crippen molar-refractivity contribution in [3.05, 3.63) is 35.6 Å². The normalized spacial score (nSPS) is 10.9. The van der Waals surface area contributed by atoms with Gasteiger partial charge in [-0.1, -0.05) is 12.1 Å². The molecule has 0 amide bonds. The molecule has 0 saturated carbocycles. The summed E-state index contributed by atoms with van der Waals surface area (Å²) >= 11 is 0. The zero-order valence-corrected chi connectivity index (χ0v) is 11.4. The lowest BCUT2D eigenvalue weighted by atomic mass is 10.1. The van der Waals surface area contributed by atoms with E-state index in [-0.39, 0.29) is 18.2 Å². The lowest BCUT2D eigenvalue weighted by Crippen LogP contribution is -2.28. The summed E-state index contributed by atoms with van der Waals surface area (Å²) in [5.41, 5.74) is 0.847. The number of benzene rings is 1. The van der Waals surface area contributed by atoms with Gasteiger partial charge in [0.1, 0.15) is 5.82 Å². The van der Waals surface area contributed by atoms with Gasteiger partial charge in [-0.15, -0.1) is 0 Å². The lowest BCUT2D eigenvalue weighted by Gasteiger charge is -2.15. The van der Waals surface area contributed by atoms with Crippen LogP contribution in [0, 0.1) is 5.82 Å². The predicted molar refractivity (Wildman–Crippen MR) is 73.5 cm³/mol. The second-order valence-corrected chi connectivity index (χ2v) is 4.86. The average Bonchev–Trinajstić information content (AvgIpc) is 2.37. The Morgan fingerprint density at radius 2 is 1.89 bits per heavy atom. The van der Waals surface area contributed by atoms with Gasteiger partial charge in [0.15, 0.2) is 5.78 Å². The van der Waals surface area contributed by atoms with Gasteiger partial charge in [-0.05, 0) is 50.6 Å². The maximum Gasteiger partial charge on any atom is 0.151 e. The van der Waals surface area contributed by atoms with E-state index in [9.17, 15) is 9.18 Å². The molecule has 0 radical (unpaired) electrons. The Kier molecular flexibility index (Phi) is 7.30. The van der Waals surface area contributed by atoms with Crippen LogP contribution < -0.4 is 0 Å². The highest BCUT2D eigenvalue weighted by atomic mass is 19.1. The van der Waals surface area contributed by atoms with Crippen LogP contribution in [0.4, 0.5) is 4.39 Å². The topological polar surface area (TPSA) is 40.5 Å². The molecular formula is C15H22FNO2. The van der Waals surface area contributed by atoms with E-state index in [2.05, 4.69) is 0 Å². The summed E-state index contributed by atoms with van der Waals surface area (Å²) in [5, 5.41) is 8.67. The molecule has 0 heterocycles. The van der Waals surface area contributed by atoms with Crippen molar-refractivity contribution in [1.29, 1.82) is 0 Å². The van der Waals surface area contributed by atoms with E-state index in [1.807, 2.05) is 11.9 Å². The molecule has 0 aliphatic heterocycles. The maximum absolute atomic E-state index is 12.7. The minimum atomic E-state index is -0.280. The van der Waals surface area contributed by atoms with Crippen molar-refractivity contribution in [2.75, 3.05) is 26.7 Å². The third-order valence-electron chi connectivity index (χ3n) is 2.96. The SMILES string of the molecule is CN(CCCCCO)CC(=O)Cc1ccc(F)cc1. The number of nitrogens with zero attached hydrogens (tertiary/aromatic N) is 1. The van der Waals surface area contributed by atoms with E-state index >= 15 is 0 Å². The number of rotatable bonds is 9. The fourth-order valence-corrected chi connectivity index (χ4v) is 1.94. The fourth-order valence-electron chi connectivity index (χ4n) is 1.94. The molecule has 3 nitrogen and oxygen atoms in total. The molecule has 1 N–H and O–H groups in total. The first-order valence-corrected chi connectivity index (χ1v) is 6.67. The second-order valence-electron chi connectivity index (χ2n) is 4.86. The molecule has 4 heteroatoms. The summed E-state index contributed by atoms with van der Waals surface area (Å²) in [6.45, 7) is 1.50. The Bertz CT molecular complexity index is 378. The van der Waals surface area contributed by atoms with Crippen molar-refractivity contribution < 1.29 is 14.3 Å². The molecule has 0 aliphatic rings. The van der Waals surface area contributed by atoms with E-state index in [4.69, 9.17) is 5.11 Å². The first kappa shape index (κ1) is 15.8. The van der Waals surface area contributed by atoms with Gasteiger partial charge in [-0.3, -0.25) is 9.69 Å². The lowest BCUT2D eigenvalue weighted by molar-refractivity contribution is -0.119. The molecule has 0 saturated heterocycles. The van der Waals surface area contributed by atoms with Crippen molar-refractivity contribution in [2.24, 2.45) is 0 Å². The number of aliphatic hydroxyl groups is 1. The van der Waals surface area contributed by atoms with Crippen molar-refractivity contribution in [3.8, 4) is 0 Å². The number of hydrogen-bond acceptors (Lipinski definition) is 3. The fraction of sp³-hybridized carbons (Fsp3) is 0.533. The predicted octanol–water partition coefficient (Wildman–Crippen LogP) is 2.03. The van der Waals surface area contributed by atoms with Crippen molar-refractivity contribution in [1.82, 2.24) is 4.90 Å². The molecule has 19 heavy (non-hydrogen) atoms. The second kappa shape index (κ2) is 8.77. The van der Waals surface area contributed by atoms with Crippen LogP contribution in [0.2, 0.25) is 0 Å². The number of hydrogen-bond donors (Lipinski definition) is 1. The van der Waals surface area contributed by atoms with Crippen molar-refractivity contribution in [3.63, 3.8) is 0 Å². The van der Waals surface area contributed by atoms with E-state index in [1.165, 1.54) is 12.1 Å². The van der Waals surface area contributed by atoms with Crippen LogP contribution in [0.25, 0.3) is 0 Å². The molecule has 1 rings (SSSR count). The Morgan fingerprint density at radius 1 is 1.21 bits per heavy atom. The minimum Gasteiger partial charge on any atom is -0.396 e. The smallest absolute Gasteiger partial charge is 0.151 e. The molecule has 0 fully saturated rings. The number of Topliss-reactive ketones (excluding diaryl/α,β-unsaturated/α-hetero) is 1. The summed E-state index contributed by atoms with van der Waals surface area (Å²) in [7, 11) is 1.92. The van der Waals surface area contributed by atoms with E-state index in [1.54, 1.807) is 12.1 Å². The summed E-state index contributed by atoms with van der Waals surface area (Å²) in [6.07, 6.45) is 3.13. The van der Waals surface area contributed by atoms with Crippen LogP contribution in [-0.4, -0.2) is 42.5 Å². The zero-order valence-electron chi connectivity index (χ0n) is 11.4. The van der Waals surface area contributed by atoms with Crippen molar-refractivity contribution >= 4 is 5.78 Å². The first-order chi connectivity index (χ1) is 9.11. The van der Waals surface area contributed by atoms with E-state index in [0.717, 1.165) is 31.4 Å². The van der Waals surface area contributed by atoms with Gasteiger partial charge in [0, 0.05) is 13.0 Å². The Balaban J connectivity index is 2.24. The number of carbonyl (C=O) groups is 1. The standard InChI is InChI=1S/C15H22FNO2/c1-17(9-3-2-4-10-18)12-15(19)11-13-5-7-14(16)8-6-13/h5-8,18H,2-4,9-12H2,1H3. The van der Waals surface area contributed by atoms with Crippen molar-refractivity contribution in [2.45, 2.75) is 25.7 Å². The largest absolute Gasteiger partial charge is 0.396 e. The molecule has 106 valence electrons. The van der Waals surface area contributed by atoms with Gasteiger partial charge in [0.25, 0.3) is 0 Å². The number of likely N-dealkylation sites (N-methyl/N-ethyl adjacent to an activating group) is 1. The highest BCUT2D eigenvalue weighted by Crippen LogP contribution is 2.05. The van der Waals surface area contributed by atoms with Gasteiger partial charge in [-0.25, -0.2) is 4.39 Å². The number of unbranched alkanes of at least 4 members (excludes halogenated alkanes) is 2. The molecule has 0 atom stereocenters. The van der Waals surface area contributed by atoms with E-state index in [0.29, 0.717) is 13.0 Å². The van der Waals surface area contributed by atoms with E-state index < -0.39 is 0 Å². The number of halogens is 1. The minimum absolute atomic E-state index is 0.135. The van der Waals surface area contributed by atoms with Crippen LogP contribution in [0.1, 0.15) is 24.8 Å².